The molecule has 0 fully saturated rings. The van der Waals surface area contributed by atoms with E-state index in [9.17, 15) is 9.59 Å². The SMILES string of the molecule is O=C=C(C(=O)c1ccccn1)c1ccccc1. The molecule has 0 saturated carbocycles. The fourth-order valence-corrected chi connectivity index (χ4v) is 1.47. The second-order valence-corrected chi connectivity index (χ2v) is 3.39. The highest BCUT2D eigenvalue weighted by Gasteiger charge is 2.15. The maximum atomic E-state index is 12.0. The minimum absolute atomic E-state index is 0.00398. The predicted molar refractivity (Wildman–Crippen MR) is 64.1 cm³/mol. The summed E-state index contributed by atoms with van der Waals surface area (Å²) in [5.74, 6) is 1.28. The molecule has 1 heterocycles. The van der Waals surface area contributed by atoms with E-state index in [-0.39, 0.29) is 11.3 Å². The first-order valence-electron chi connectivity index (χ1n) is 5.09. The minimum atomic E-state index is -0.410. The van der Waals surface area contributed by atoms with Crippen LogP contribution in [0.1, 0.15) is 16.1 Å². The number of hydrogen-bond acceptors (Lipinski definition) is 3. The van der Waals surface area contributed by atoms with Gasteiger partial charge in [-0.2, -0.15) is 0 Å². The molecule has 0 saturated heterocycles. The molecular formula is C14H9NO2. The van der Waals surface area contributed by atoms with E-state index in [1.54, 1.807) is 48.4 Å². The summed E-state index contributed by atoms with van der Waals surface area (Å²) in [6.45, 7) is 0. The van der Waals surface area contributed by atoms with Crippen molar-refractivity contribution in [2.45, 2.75) is 0 Å². The zero-order valence-corrected chi connectivity index (χ0v) is 8.96. The van der Waals surface area contributed by atoms with Gasteiger partial charge >= 0.3 is 0 Å². The average molecular weight is 223 g/mol. The molecule has 1 aromatic heterocycles. The first-order chi connectivity index (χ1) is 8.33. The van der Waals surface area contributed by atoms with Crippen LogP contribution in [0.4, 0.5) is 0 Å². The van der Waals surface area contributed by atoms with E-state index in [1.807, 2.05) is 6.07 Å². The Kier molecular flexibility index (Phi) is 3.24. The Morgan fingerprint density at radius 2 is 1.71 bits per heavy atom. The number of Topliss-reactive ketones (excluding diaryl/α,β-unsaturated/α-hetero) is 1. The lowest BCUT2D eigenvalue weighted by Crippen LogP contribution is -2.05. The number of ketones is 1. The van der Waals surface area contributed by atoms with Crippen LogP contribution in [0.25, 0.3) is 5.57 Å². The van der Waals surface area contributed by atoms with Gasteiger partial charge in [-0.15, -0.1) is 0 Å². The van der Waals surface area contributed by atoms with Crippen molar-refractivity contribution in [3.05, 3.63) is 66.0 Å². The lowest BCUT2D eigenvalue weighted by Gasteiger charge is -2.01. The van der Waals surface area contributed by atoms with Crippen molar-refractivity contribution in [1.29, 1.82) is 0 Å². The number of pyridine rings is 1. The Bertz CT molecular complexity index is 570. The van der Waals surface area contributed by atoms with Crippen LogP contribution in [0.2, 0.25) is 0 Å². The van der Waals surface area contributed by atoms with E-state index in [0.717, 1.165) is 0 Å². The quantitative estimate of drug-likeness (QED) is 0.455. The van der Waals surface area contributed by atoms with Gasteiger partial charge in [-0.25, -0.2) is 4.79 Å². The molecule has 0 amide bonds. The molecule has 0 bridgehead atoms. The Morgan fingerprint density at radius 1 is 1.00 bits per heavy atom. The van der Waals surface area contributed by atoms with Gasteiger partial charge in [-0.05, 0) is 17.7 Å². The Morgan fingerprint density at radius 3 is 2.29 bits per heavy atom. The van der Waals surface area contributed by atoms with Crippen LogP contribution in [0, 0.1) is 0 Å². The van der Waals surface area contributed by atoms with E-state index in [2.05, 4.69) is 4.98 Å². The van der Waals surface area contributed by atoms with Crippen LogP contribution in [0.3, 0.4) is 0 Å². The van der Waals surface area contributed by atoms with Gasteiger partial charge in [0.05, 0.1) is 0 Å². The number of aromatic nitrogens is 1. The lowest BCUT2D eigenvalue weighted by molar-refractivity contribution is 0.105. The Labute approximate surface area is 98.4 Å². The predicted octanol–water partition coefficient (Wildman–Crippen LogP) is 2.18. The second-order valence-electron chi connectivity index (χ2n) is 3.39. The van der Waals surface area contributed by atoms with Crippen molar-refractivity contribution in [2.24, 2.45) is 0 Å². The molecule has 17 heavy (non-hydrogen) atoms. The largest absolute Gasteiger partial charge is 0.286 e. The summed E-state index contributed by atoms with van der Waals surface area (Å²) in [6, 6.07) is 13.7. The summed E-state index contributed by atoms with van der Waals surface area (Å²) in [7, 11) is 0. The fraction of sp³-hybridized carbons (Fsp3) is 0. The molecule has 0 radical (unpaired) electrons. The van der Waals surface area contributed by atoms with Gasteiger partial charge < -0.3 is 0 Å². The molecule has 0 aliphatic rings. The standard InChI is InChI=1S/C14H9NO2/c16-10-12(11-6-2-1-3-7-11)14(17)13-8-4-5-9-15-13/h1-9H. The van der Waals surface area contributed by atoms with Crippen LogP contribution < -0.4 is 0 Å². The van der Waals surface area contributed by atoms with Crippen LogP contribution >= 0.6 is 0 Å². The van der Waals surface area contributed by atoms with E-state index in [1.165, 1.54) is 6.20 Å². The monoisotopic (exact) mass is 223 g/mol. The van der Waals surface area contributed by atoms with Crippen LogP contribution in [-0.4, -0.2) is 16.7 Å². The molecule has 1 aromatic carbocycles. The first-order valence-corrected chi connectivity index (χ1v) is 5.09. The lowest BCUT2D eigenvalue weighted by atomic mass is 10.0. The van der Waals surface area contributed by atoms with Gasteiger partial charge in [-0.1, -0.05) is 36.4 Å². The van der Waals surface area contributed by atoms with Gasteiger partial charge in [0, 0.05) is 6.20 Å². The Hall–Kier alpha value is -2.51. The third kappa shape index (κ3) is 2.36. The van der Waals surface area contributed by atoms with E-state index in [4.69, 9.17) is 0 Å². The molecular weight excluding hydrogens is 214 g/mol. The highest BCUT2D eigenvalue weighted by molar-refractivity contribution is 6.34. The van der Waals surface area contributed by atoms with Gasteiger partial charge in [0.25, 0.3) is 0 Å². The van der Waals surface area contributed by atoms with Crippen molar-refractivity contribution < 1.29 is 9.59 Å². The zero-order valence-electron chi connectivity index (χ0n) is 8.96. The molecule has 3 nitrogen and oxygen atoms in total. The number of rotatable bonds is 3. The maximum Gasteiger partial charge on any atom is 0.222 e. The molecule has 0 spiro atoms. The van der Waals surface area contributed by atoms with E-state index < -0.39 is 5.78 Å². The number of allylic oxidation sites excluding steroid dienone is 1. The van der Waals surface area contributed by atoms with Crippen molar-refractivity contribution in [3.8, 4) is 0 Å². The third-order valence-corrected chi connectivity index (χ3v) is 2.29. The Balaban J connectivity index is 2.40. The molecule has 0 N–H and O–H groups in total. The number of benzene rings is 1. The van der Waals surface area contributed by atoms with Gasteiger partial charge in [0.15, 0.2) is 0 Å². The summed E-state index contributed by atoms with van der Waals surface area (Å²) < 4.78 is 0. The molecule has 2 aromatic rings. The zero-order chi connectivity index (χ0) is 12.1. The van der Waals surface area contributed by atoms with Gasteiger partial charge in [-0.3, -0.25) is 9.78 Å². The summed E-state index contributed by atoms with van der Waals surface area (Å²) in [6.07, 6.45) is 1.51. The van der Waals surface area contributed by atoms with Crippen LogP contribution in [-0.2, 0) is 4.79 Å². The normalized spacial score (nSPS) is 9.41. The molecule has 2 rings (SSSR count). The smallest absolute Gasteiger partial charge is 0.222 e. The highest BCUT2D eigenvalue weighted by atomic mass is 16.1. The second kappa shape index (κ2) is 5.01. The number of hydrogen-bond donors (Lipinski definition) is 0. The van der Waals surface area contributed by atoms with Crippen molar-refractivity contribution >= 4 is 17.3 Å². The number of carbonyl (C=O) groups is 1. The molecule has 82 valence electrons. The average Bonchev–Trinajstić information content (AvgIpc) is 2.42. The summed E-state index contributed by atoms with van der Waals surface area (Å²) in [5.41, 5.74) is 0.803. The molecule has 3 heteroatoms. The van der Waals surface area contributed by atoms with Crippen molar-refractivity contribution in [1.82, 2.24) is 4.98 Å². The molecule has 0 aliphatic carbocycles. The highest BCUT2D eigenvalue weighted by Crippen LogP contribution is 2.15. The fourth-order valence-electron chi connectivity index (χ4n) is 1.47. The molecule has 0 aliphatic heterocycles. The van der Waals surface area contributed by atoms with E-state index in [0.29, 0.717) is 5.56 Å². The first kappa shape index (κ1) is 11.0. The van der Waals surface area contributed by atoms with Crippen molar-refractivity contribution in [3.63, 3.8) is 0 Å². The van der Waals surface area contributed by atoms with Gasteiger partial charge in [0.2, 0.25) is 5.78 Å². The maximum absolute atomic E-state index is 12.0. The van der Waals surface area contributed by atoms with Crippen molar-refractivity contribution in [2.75, 3.05) is 0 Å². The summed E-state index contributed by atoms with van der Waals surface area (Å²) in [4.78, 5) is 26.8. The third-order valence-electron chi connectivity index (χ3n) is 2.29. The summed E-state index contributed by atoms with van der Waals surface area (Å²) >= 11 is 0. The minimum Gasteiger partial charge on any atom is -0.286 e. The van der Waals surface area contributed by atoms with Gasteiger partial charge in [0.1, 0.15) is 17.2 Å². The number of nitrogens with zero attached hydrogens (tertiary/aromatic N) is 1. The van der Waals surface area contributed by atoms with Crippen LogP contribution in [0.5, 0.6) is 0 Å². The molecule has 0 unspecified atom stereocenters. The molecule has 0 atom stereocenters. The van der Waals surface area contributed by atoms with Crippen LogP contribution in [0.15, 0.2) is 54.7 Å². The topological polar surface area (TPSA) is 47.0 Å². The number of carbonyl (C=O) groups excluding carboxylic acids is 2. The van der Waals surface area contributed by atoms with E-state index >= 15 is 0 Å². The summed E-state index contributed by atoms with van der Waals surface area (Å²) in [5, 5.41) is 0.